The normalized spacial score (nSPS) is 11.1. The van der Waals surface area contributed by atoms with Crippen molar-refractivity contribution < 1.29 is 9.84 Å². The van der Waals surface area contributed by atoms with Crippen molar-refractivity contribution in [3.05, 3.63) is 51.3 Å². The van der Waals surface area contributed by atoms with Gasteiger partial charge in [0, 0.05) is 12.8 Å². The average Bonchev–Trinajstić information content (AvgIpc) is 2.60. The quantitative estimate of drug-likeness (QED) is 0.805. The van der Waals surface area contributed by atoms with Crippen LogP contribution in [-0.2, 0) is 6.54 Å². The molecule has 0 bridgehead atoms. The number of nitriles is 1. The molecular formula is C20H23N3O3. The van der Waals surface area contributed by atoms with Crippen molar-refractivity contribution in [2.24, 2.45) is 10.9 Å². The van der Waals surface area contributed by atoms with Gasteiger partial charge in [-0.2, -0.15) is 5.26 Å². The molecule has 0 spiro atoms. The molecule has 0 radical (unpaired) electrons. The first-order chi connectivity index (χ1) is 12.4. The first kappa shape index (κ1) is 19.3. The van der Waals surface area contributed by atoms with E-state index in [2.05, 4.69) is 4.99 Å². The van der Waals surface area contributed by atoms with Crippen LogP contribution < -0.4 is 10.3 Å². The third kappa shape index (κ3) is 4.12. The van der Waals surface area contributed by atoms with Crippen LogP contribution in [0.15, 0.2) is 34.1 Å². The molecule has 6 heteroatoms. The molecule has 2 rings (SSSR count). The van der Waals surface area contributed by atoms with Gasteiger partial charge < -0.3 is 9.84 Å². The maximum absolute atomic E-state index is 12.4. The minimum Gasteiger partial charge on any atom is -0.494 e. The molecule has 0 amide bonds. The maximum atomic E-state index is 12.4. The van der Waals surface area contributed by atoms with Gasteiger partial charge in [0.05, 0.1) is 17.9 Å². The number of rotatable bonds is 6. The zero-order valence-corrected chi connectivity index (χ0v) is 15.5. The first-order valence-corrected chi connectivity index (χ1v) is 8.52. The van der Waals surface area contributed by atoms with E-state index in [9.17, 15) is 15.2 Å². The highest BCUT2D eigenvalue weighted by Gasteiger charge is 2.18. The van der Waals surface area contributed by atoms with E-state index in [-0.39, 0.29) is 17.4 Å². The fourth-order valence-electron chi connectivity index (χ4n) is 2.59. The molecule has 0 atom stereocenters. The van der Waals surface area contributed by atoms with Gasteiger partial charge in [0.15, 0.2) is 0 Å². The molecule has 0 saturated heterocycles. The molecule has 1 aromatic heterocycles. The lowest BCUT2D eigenvalue weighted by atomic mass is 10.1. The zero-order valence-electron chi connectivity index (χ0n) is 15.5. The Morgan fingerprint density at radius 2 is 2.00 bits per heavy atom. The van der Waals surface area contributed by atoms with E-state index in [1.165, 1.54) is 10.8 Å². The van der Waals surface area contributed by atoms with Crippen molar-refractivity contribution in [3.63, 3.8) is 0 Å². The second kappa shape index (κ2) is 8.34. The van der Waals surface area contributed by atoms with E-state index < -0.39 is 5.56 Å². The molecule has 0 aliphatic carbocycles. The van der Waals surface area contributed by atoms with Crippen LogP contribution in [0.3, 0.4) is 0 Å². The fourth-order valence-corrected chi connectivity index (χ4v) is 2.59. The van der Waals surface area contributed by atoms with Crippen LogP contribution in [0.1, 0.15) is 37.5 Å². The number of benzene rings is 1. The summed E-state index contributed by atoms with van der Waals surface area (Å²) in [5.74, 6) is 0.723. The van der Waals surface area contributed by atoms with Gasteiger partial charge in [-0.3, -0.25) is 14.4 Å². The van der Waals surface area contributed by atoms with Crippen LogP contribution in [0.5, 0.6) is 11.6 Å². The Bertz CT molecular complexity index is 904. The van der Waals surface area contributed by atoms with E-state index in [4.69, 9.17) is 4.74 Å². The van der Waals surface area contributed by atoms with Gasteiger partial charge in [0.1, 0.15) is 17.4 Å². The Kier molecular flexibility index (Phi) is 6.18. The Labute approximate surface area is 153 Å². The van der Waals surface area contributed by atoms with E-state index >= 15 is 0 Å². The van der Waals surface area contributed by atoms with Crippen LogP contribution in [0, 0.1) is 24.2 Å². The second-order valence-corrected chi connectivity index (χ2v) is 6.34. The number of nitrogens with zero attached hydrogens (tertiary/aromatic N) is 3. The smallest absolute Gasteiger partial charge is 0.271 e. The van der Waals surface area contributed by atoms with Crippen LogP contribution in [0.2, 0.25) is 0 Å². The summed E-state index contributed by atoms with van der Waals surface area (Å²) >= 11 is 0. The fraction of sp³-hybridized carbons (Fsp3) is 0.350. The molecule has 136 valence electrons. The van der Waals surface area contributed by atoms with E-state index in [0.717, 1.165) is 5.75 Å². The highest BCUT2D eigenvalue weighted by Crippen LogP contribution is 2.23. The summed E-state index contributed by atoms with van der Waals surface area (Å²) < 4.78 is 6.62. The molecule has 0 fully saturated rings. The summed E-state index contributed by atoms with van der Waals surface area (Å²) in [6.07, 6.45) is 1.48. The van der Waals surface area contributed by atoms with Gasteiger partial charge in [-0.25, -0.2) is 0 Å². The predicted molar refractivity (Wildman–Crippen MR) is 102 cm³/mol. The summed E-state index contributed by atoms with van der Waals surface area (Å²) in [6, 6.07) is 9.15. The van der Waals surface area contributed by atoms with E-state index in [1.54, 1.807) is 19.1 Å². The van der Waals surface area contributed by atoms with Crippen molar-refractivity contribution in [1.82, 2.24) is 4.57 Å². The SMILES string of the molecule is CCOc1ccc(N=Cc2c(C)c(C#N)c(=O)n(CC(C)C)c2O)cc1. The Morgan fingerprint density at radius 1 is 1.35 bits per heavy atom. The highest BCUT2D eigenvalue weighted by atomic mass is 16.5. The van der Waals surface area contributed by atoms with Gasteiger partial charge in [-0.1, -0.05) is 13.8 Å². The minimum absolute atomic E-state index is 0.0246. The van der Waals surface area contributed by atoms with Crippen LogP contribution >= 0.6 is 0 Å². The van der Waals surface area contributed by atoms with E-state index in [0.29, 0.717) is 30.0 Å². The molecule has 0 unspecified atom stereocenters. The number of aliphatic imine (C=N–C) groups is 1. The van der Waals surface area contributed by atoms with Crippen LogP contribution in [0.25, 0.3) is 0 Å². The number of ether oxygens (including phenoxy) is 1. The summed E-state index contributed by atoms with van der Waals surface area (Å²) in [7, 11) is 0. The van der Waals surface area contributed by atoms with Gasteiger partial charge in [-0.15, -0.1) is 0 Å². The lowest BCUT2D eigenvalue weighted by molar-refractivity contribution is 0.340. The Hall–Kier alpha value is -3.07. The van der Waals surface area contributed by atoms with Crippen molar-refractivity contribution in [2.75, 3.05) is 6.61 Å². The molecule has 6 nitrogen and oxygen atoms in total. The molecule has 26 heavy (non-hydrogen) atoms. The first-order valence-electron chi connectivity index (χ1n) is 8.52. The minimum atomic E-state index is -0.477. The second-order valence-electron chi connectivity index (χ2n) is 6.34. The summed E-state index contributed by atoms with van der Waals surface area (Å²) in [5, 5.41) is 19.9. The van der Waals surface area contributed by atoms with Crippen molar-refractivity contribution in [3.8, 4) is 17.7 Å². The zero-order chi connectivity index (χ0) is 19.3. The van der Waals surface area contributed by atoms with Crippen LogP contribution in [-0.4, -0.2) is 22.5 Å². The standard InChI is InChI=1S/C20H23N3O3/c1-5-26-16-8-6-15(7-9-16)22-11-18-14(4)17(10-21)19(24)23(20(18)25)12-13(2)3/h6-9,11,13,25H,5,12H2,1-4H3. The highest BCUT2D eigenvalue weighted by molar-refractivity contribution is 5.87. The maximum Gasteiger partial charge on any atom is 0.271 e. The largest absolute Gasteiger partial charge is 0.494 e. The van der Waals surface area contributed by atoms with Gasteiger partial charge in [-0.05, 0) is 49.6 Å². The lowest BCUT2D eigenvalue weighted by Crippen LogP contribution is -2.27. The van der Waals surface area contributed by atoms with Crippen molar-refractivity contribution in [1.29, 1.82) is 5.26 Å². The lowest BCUT2D eigenvalue weighted by Gasteiger charge is -2.15. The Balaban J connectivity index is 2.48. The molecule has 0 aliphatic rings. The van der Waals surface area contributed by atoms with Gasteiger partial charge in [0.2, 0.25) is 5.88 Å². The Morgan fingerprint density at radius 3 is 2.54 bits per heavy atom. The molecule has 1 aromatic carbocycles. The topological polar surface area (TPSA) is 87.6 Å². The number of aromatic hydroxyl groups is 1. The summed E-state index contributed by atoms with van der Waals surface area (Å²) in [6.45, 7) is 8.33. The molecule has 1 heterocycles. The number of aromatic nitrogens is 1. The van der Waals surface area contributed by atoms with Gasteiger partial charge in [0.25, 0.3) is 5.56 Å². The molecule has 0 saturated carbocycles. The third-order valence-electron chi connectivity index (χ3n) is 3.88. The van der Waals surface area contributed by atoms with E-state index in [1.807, 2.05) is 39.0 Å². The molecular weight excluding hydrogens is 330 g/mol. The molecule has 0 aliphatic heterocycles. The predicted octanol–water partition coefficient (Wildman–Crippen LogP) is 3.54. The van der Waals surface area contributed by atoms with Crippen molar-refractivity contribution in [2.45, 2.75) is 34.2 Å². The number of pyridine rings is 1. The average molecular weight is 353 g/mol. The summed E-state index contributed by atoms with van der Waals surface area (Å²) in [5.41, 5.74) is 1.01. The number of hydrogen-bond donors (Lipinski definition) is 1. The monoisotopic (exact) mass is 353 g/mol. The van der Waals surface area contributed by atoms with Crippen LogP contribution in [0.4, 0.5) is 5.69 Å². The van der Waals surface area contributed by atoms with Gasteiger partial charge >= 0.3 is 0 Å². The number of hydrogen-bond acceptors (Lipinski definition) is 5. The molecule has 1 N–H and O–H groups in total. The van der Waals surface area contributed by atoms with Crippen molar-refractivity contribution >= 4 is 11.9 Å². The summed E-state index contributed by atoms with van der Waals surface area (Å²) in [4.78, 5) is 16.8. The third-order valence-corrected chi connectivity index (χ3v) is 3.88. The molecule has 2 aromatic rings.